The number of aryl methyl sites for hydroxylation is 1. The van der Waals surface area contributed by atoms with Crippen molar-refractivity contribution in [3.8, 4) is 12.0 Å². The van der Waals surface area contributed by atoms with Gasteiger partial charge in [-0.1, -0.05) is 43.3 Å². The lowest BCUT2D eigenvalue weighted by atomic mass is 9.98. The first-order valence-corrected chi connectivity index (χ1v) is 10.6. The zero-order valence-electron chi connectivity index (χ0n) is 17.7. The Bertz CT molecular complexity index is 1300. The fraction of sp³-hybridized carbons (Fsp3) is 0.240. The summed E-state index contributed by atoms with van der Waals surface area (Å²) in [6, 6.07) is 20.4. The van der Waals surface area contributed by atoms with Crippen molar-refractivity contribution in [3.05, 3.63) is 82.7 Å². The van der Waals surface area contributed by atoms with E-state index in [0.29, 0.717) is 24.0 Å². The van der Waals surface area contributed by atoms with Gasteiger partial charge in [0.15, 0.2) is 0 Å². The summed E-state index contributed by atoms with van der Waals surface area (Å²) in [4.78, 5) is 9.97. The van der Waals surface area contributed by atoms with Crippen molar-refractivity contribution in [2.24, 2.45) is 0 Å². The molecule has 0 saturated heterocycles. The largest absolute Gasteiger partial charge is 0.366 e. The predicted octanol–water partition coefficient (Wildman–Crippen LogP) is 4.42. The highest BCUT2D eigenvalue weighted by Crippen LogP contribution is 2.31. The molecule has 0 saturated carbocycles. The maximum atomic E-state index is 9.51. The molecule has 2 aromatic heterocycles. The molecule has 154 valence electrons. The van der Waals surface area contributed by atoms with Gasteiger partial charge >= 0.3 is 0 Å². The van der Waals surface area contributed by atoms with Crippen LogP contribution in [0.15, 0.2) is 54.6 Å². The lowest BCUT2D eigenvalue weighted by Crippen LogP contribution is -2.30. The van der Waals surface area contributed by atoms with E-state index < -0.39 is 0 Å². The minimum atomic E-state index is 0.291. The van der Waals surface area contributed by atoms with Gasteiger partial charge in [-0.2, -0.15) is 10.2 Å². The molecule has 0 bridgehead atoms. The molecule has 1 unspecified atom stereocenters. The van der Waals surface area contributed by atoms with Gasteiger partial charge in [-0.3, -0.25) is 4.57 Å². The van der Waals surface area contributed by atoms with E-state index in [1.807, 2.05) is 49.4 Å². The van der Waals surface area contributed by atoms with E-state index in [0.717, 1.165) is 46.8 Å². The summed E-state index contributed by atoms with van der Waals surface area (Å²) in [6.45, 7) is 6.57. The van der Waals surface area contributed by atoms with Gasteiger partial charge in [0.2, 0.25) is 5.95 Å². The number of benzene rings is 2. The Morgan fingerprint density at radius 1 is 1.16 bits per heavy atom. The summed E-state index contributed by atoms with van der Waals surface area (Å²) in [5.41, 5.74) is 6.04. The number of anilines is 1. The van der Waals surface area contributed by atoms with Gasteiger partial charge in [0, 0.05) is 42.2 Å². The highest BCUT2D eigenvalue weighted by molar-refractivity contribution is 5.88. The van der Waals surface area contributed by atoms with Gasteiger partial charge in [-0.05, 0) is 30.7 Å². The number of hydrogen-bond donors (Lipinski definition) is 2. The third-order valence-electron chi connectivity index (χ3n) is 5.90. The molecular weight excluding hydrogens is 384 g/mol. The van der Waals surface area contributed by atoms with Crippen molar-refractivity contribution in [2.75, 3.05) is 11.9 Å². The number of hydrogen-bond acceptors (Lipinski definition) is 5. The first kappa shape index (κ1) is 19.3. The average molecular weight is 409 g/mol. The highest BCUT2D eigenvalue weighted by Gasteiger charge is 2.24. The smallest absolute Gasteiger partial charge is 0.236 e. The Hall–Kier alpha value is -3.69. The molecule has 1 aliphatic heterocycles. The lowest BCUT2D eigenvalue weighted by Gasteiger charge is -2.25. The number of nitriles is 1. The first-order chi connectivity index (χ1) is 15.2. The lowest BCUT2D eigenvalue weighted by molar-refractivity contribution is 0.552. The Kier molecular flexibility index (Phi) is 4.89. The van der Waals surface area contributed by atoms with Crippen molar-refractivity contribution in [3.63, 3.8) is 0 Å². The molecule has 5 rings (SSSR count). The van der Waals surface area contributed by atoms with E-state index in [1.54, 1.807) is 0 Å². The Morgan fingerprint density at radius 2 is 2.00 bits per heavy atom. The Morgan fingerprint density at radius 3 is 2.81 bits per heavy atom. The molecule has 1 atom stereocenters. The molecule has 0 aliphatic carbocycles. The van der Waals surface area contributed by atoms with Crippen LogP contribution in [-0.4, -0.2) is 21.1 Å². The molecule has 2 N–H and O–H groups in total. The maximum absolute atomic E-state index is 9.51. The molecule has 1 aliphatic rings. The summed E-state index contributed by atoms with van der Waals surface area (Å²) in [5.74, 6) is 1.80. The van der Waals surface area contributed by atoms with Crippen molar-refractivity contribution < 1.29 is 0 Å². The predicted molar refractivity (Wildman–Crippen MR) is 122 cm³/mol. The molecule has 0 spiro atoms. The summed E-state index contributed by atoms with van der Waals surface area (Å²) in [7, 11) is 0. The summed E-state index contributed by atoms with van der Waals surface area (Å²) < 4.78 is 2.05. The van der Waals surface area contributed by atoms with E-state index in [9.17, 15) is 5.26 Å². The van der Waals surface area contributed by atoms with Crippen molar-refractivity contribution in [2.45, 2.75) is 32.9 Å². The fourth-order valence-electron chi connectivity index (χ4n) is 4.34. The Labute approximate surface area is 181 Å². The second kappa shape index (κ2) is 7.86. The van der Waals surface area contributed by atoms with Crippen LogP contribution in [0.5, 0.6) is 0 Å². The number of rotatable bonds is 4. The fourth-order valence-corrected chi connectivity index (χ4v) is 4.34. The number of nitrogens with one attached hydrogen (secondary N) is 2. The topological polar surface area (TPSA) is 78.6 Å². The molecule has 4 aromatic rings. The van der Waals surface area contributed by atoms with Gasteiger partial charge < -0.3 is 10.6 Å². The van der Waals surface area contributed by atoms with E-state index in [4.69, 9.17) is 9.97 Å². The second-order valence-corrected chi connectivity index (χ2v) is 8.08. The van der Waals surface area contributed by atoms with Crippen LogP contribution in [0.25, 0.3) is 16.9 Å². The monoisotopic (exact) mass is 408 g/mol. The van der Waals surface area contributed by atoms with Crippen LogP contribution in [0.1, 0.15) is 40.9 Å². The number of nitrogens with zero attached hydrogens (tertiary/aromatic N) is 4. The van der Waals surface area contributed by atoms with Crippen LogP contribution in [0.3, 0.4) is 0 Å². The Balaban J connectivity index is 1.65. The number of fused-ring (bicyclic) bond motifs is 2. The molecule has 6 heteroatoms. The minimum Gasteiger partial charge on any atom is -0.366 e. The van der Waals surface area contributed by atoms with Crippen LogP contribution in [0.4, 0.5) is 5.82 Å². The van der Waals surface area contributed by atoms with Crippen LogP contribution in [0.2, 0.25) is 0 Å². The summed E-state index contributed by atoms with van der Waals surface area (Å²) >= 11 is 0. The zero-order chi connectivity index (χ0) is 21.4. The molecule has 6 nitrogen and oxygen atoms in total. The van der Waals surface area contributed by atoms with Crippen LogP contribution < -0.4 is 10.6 Å². The van der Waals surface area contributed by atoms with Crippen LogP contribution >= 0.6 is 0 Å². The van der Waals surface area contributed by atoms with E-state index in [-0.39, 0.29) is 0 Å². The molecular formula is C25H24N6. The SMILES string of the molecule is Cc1cc2c(C#N)cccc2n1-c1nc(NCc2ccccc2)c2c(n1)C(C)CNC2. The summed E-state index contributed by atoms with van der Waals surface area (Å²) in [6.07, 6.45) is 0. The number of aromatic nitrogens is 3. The van der Waals surface area contributed by atoms with Gasteiger partial charge in [0.1, 0.15) is 5.82 Å². The van der Waals surface area contributed by atoms with Gasteiger partial charge in [-0.25, -0.2) is 4.98 Å². The van der Waals surface area contributed by atoms with Crippen molar-refractivity contribution in [1.82, 2.24) is 19.9 Å². The van der Waals surface area contributed by atoms with E-state index in [1.165, 1.54) is 5.56 Å². The maximum Gasteiger partial charge on any atom is 0.236 e. The van der Waals surface area contributed by atoms with Gasteiger partial charge in [-0.15, -0.1) is 0 Å². The minimum absolute atomic E-state index is 0.291. The third kappa shape index (κ3) is 3.43. The normalized spacial score (nSPS) is 15.5. The van der Waals surface area contributed by atoms with E-state index >= 15 is 0 Å². The van der Waals surface area contributed by atoms with Crippen molar-refractivity contribution in [1.29, 1.82) is 5.26 Å². The van der Waals surface area contributed by atoms with Gasteiger partial charge in [0.25, 0.3) is 0 Å². The third-order valence-corrected chi connectivity index (χ3v) is 5.90. The molecule has 0 radical (unpaired) electrons. The highest BCUT2D eigenvalue weighted by atomic mass is 15.2. The molecule has 31 heavy (non-hydrogen) atoms. The van der Waals surface area contributed by atoms with Gasteiger partial charge in [0.05, 0.1) is 22.8 Å². The molecule has 0 fully saturated rings. The van der Waals surface area contributed by atoms with Crippen LogP contribution in [-0.2, 0) is 13.1 Å². The zero-order valence-corrected chi connectivity index (χ0v) is 17.7. The molecule has 0 amide bonds. The first-order valence-electron chi connectivity index (χ1n) is 10.6. The second-order valence-electron chi connectivity index (χ2n) is 8.08. The quantitative estimate of drug-likeness (QED) is 0.523. The molecule has 2 aromatic carbocycles. The van der Waals surface area contributed by atoms with Crippen molar-refractivity contribution >= 4 is 16.7 Å². The van der Waals surface area contributed by atoms with Crippen LogP contribution in [0, 0.1) is 18.3 Å². The standard InChI is InChI=1S/C25H24N6/c1-16-13-27-15-21-23(16)29-25(30-24(21)28-14-18-7-4-3-5-8-18)31-17(2)11-20-19(12-26)9-6-10-22(20)31/h3-11,16,27H,13-15H2,1-2H3,(H,28,29,30). The average Bonchev–Trinajstić information content (AvgIpc) is 3.14. The summed E-state index contributed by atoms with van der Waals surface area (Å²) in [5, 5.41) is 17.5. The molecule has 3 heterocycles. The van der Waals surface area contributed by atoms with E-state index in [2.05, 4.69) is 40.3 Å².